The maximum absolute atomic E-state index is 12.1. The van der Waals surface area contributed by atoms with Crippen molar-refractivity contribution >= 4 is 49.5 Å². The number of fused-ring (bicyclic) bond motifs is 3. The molecular weight excluding hydrogens is 348 g/mol. The molecule has 0 spiro atoms. The Morgan fingerprint density at radius 3 is 2.91 bits per heavy atom. The summed E-state index contributed by atoms with van der Waals surface area (Å²) in [5.74, 6) is -0.989. The third-order valence-electron chi connectivity index (χ3n) is 4.01. The van der Waals surface area contributed by atoms with E-state index in [-0.39, 0.29) is 11.8 Å². The molecule has 1 aliphatic rings. The maximum Gasteiger partial charge on any atom is 0.235 e. The predicted octanol–water partition coefficient (Wildman–Crippen LogP) is 3.26. The molecule has 0 radical (unpaired) electrons. The van der Waals surface area contributed by atoms with E-state index >= 15 is 0 Å². The molecular formula is C16H11BrN2O3. The van der Waals surface area contributed by atoms with Gasteiger partial charge in [-0.15, -0.1) is 0 Å². The Morgan fingerprint density at radius 2 is 2.09 bits per heavy atom. The molecule has 5 nitrogen and oxygen atoms in total. The highest BCUT2D eigenvalue weighted by Crippen LogP contribution is 2.35. The molecule has 0 bridgehead atoms. The van der Waals surface area contributed by atoms with Gasteiger partial charge in [-0.05, 0) is 35.4 Å². The van der Waals surface area contributed by atoms with Crippen LogP contribution in [0.3, 0.4) is 0 Å². The highest BCUT2D eigenvalue weighted by atomic mass is 79.9. The Balaban J connectivity index is 1.95. The number of hydrogen-bond acceptors (Lipinski definition) is 4. The first kappa shape index (κ1) is 13.5. The average molecular weight is 359 g/mol. The molecule has 1 fully saturated rings. The lowest BCUT2D eigenvalue weighted by Crippen LogP contribution is -2.39. The summed E-state index contributed by atoms with van der Waals surface area (Å²) in [5.41, 5.74) is 1.25. The van der Waals surface area contributed by atoms with Gasteiger partial charge in [-0.25, -0.2) is 0 Å². The molecule has 1 saturated heterocycles. The third kappa shape index (κ3) is 2.02. The Bertz CT molecular complexity index is 932. The van der Waals surface area contributed by atoms with Gasteiger partial charge in [0.25, 0.3) is 0 Å². The van der Waals surface area contributed by atoms with Gasteiger partial charge in [0, 0.05) is 10.9 Å². The van der Waals surface area contributed by atoms with Crippen molar-refractivity contribution in [1.82, 2.24) is 10.5 Å². The van der Waals surface area contributed by atoms with Gasteiger partial charge in [-0.3, -0.25) is 14.9 Å². The standard InChI is InChI=1S/C16H11BrN2O3/c17-9-2-3-10-8(7-9)1-5-12-14(10)15(19-22-12)11-4-6-13(20)18-16(11)21/h1-3,5,7,11H,4,6H2,(H,18,20,21)/t11-/m0/s1. The van der Waals surface area contributed by atoms with E-state index in [1.807, 2.05) is 30.3 Å². The summed E-state index contributed by atoms with van der Waals surface area (Å²) >= 11 is 3.46. The second-order valence-corrected chi connectivity index (χ2v) is 6.29. The van der Waals surface area contributed by atoms with Gasteiger partial charge >= 0.3 is 0 Å². The molecule has 1 N–H and O–H groups in total. The largest absolute Gasteiger partial charge is 0.356 e. The molecule has 1 aliphatic heterocycles. The van der Waals surface area contributed by atoms with Crippen molar-refractivity contribution in [1.29, 1.82) is 0 Å². The molecule has 2 amide bonds. The quantitative estimate of drug-likeness (QED) is 0.677. The van der Waals surface area contributed by atoms with Crippen LogP contribution in [0, 0.1) is 0 Å². The van der Waals surface area contributed by atoms with Gasteiger partial charge in [-0.1, -0.05) is 33.2 Å². The topological polar surface area (TPSA) is 72.2 Å². The van der Waals surface area contributed by atoms with Crippen LogP contribution in [-0.2, 0) is 9.59 Å². The van der Waals surface area contributed by atoms with Crippen LogP contribution in [0.15, 0.2) is 39.3 Å². The number of carbonyl (C=O) groups is 2. The van der Waals surface area contributed by atoms with E-state index in [1.165, 1.54) is 0 Å². The molecule has 1 atom stereocenters. The van der Waals surface area contributed by atoms with Gasteiger partial charge in [0.15, 0.2) is 5.58 Å². The minimum Gasteiger partial charge on any atom is -0.356 e. The zero-order valence-corrected chi connectivity index (χ0v) is 13.0. The zero-order valence-electron chi connectivity index (χ0n) is 11.4. The first-order valence-electron chi connectivity index (χ1n) is 6.95. The second kappa shape index (κ2) is 4.91. The average Bonchev–Trinajstić information content (AvgIpc) is 2.91. The number of rotatable bonds is 1. The van der Waals surface area contributed by atoms with Crippen LogP contribution in [0.4, 0.5) is 0 Å². The van der Waals surface area contributed by atoms with E-state index in [4.69, 9.17) is 4.52 Å². The lowest BCUT2D eigenvalue weighted by molar-refractivity contribution is -0.134. The van der Waals surface area contributed by atoms with E-state index in [9.17, 15) is 9.59 Å². The summed E-state index contributed by atoms with van der Waals surface area (Å²) in [5, 5.41) is 9.36. The Kier molecular flexibility index (Phi) is 3.00. The summed E-state index contributed by atoms with van der Waals surface area (Å²) in [6.45, 7) is 0. The van der Waals surface area contributed by atoms with E-state index in [0.717, 1.165) is 20.6 Å². The molecule has 3 aromatic rings. The van der Waals surface area contributed by atoms with Crippen molar-refractivity contribution < 1.29 is 14.1 Å². The summed E-state index contributed by atoms with van der Waals surface area (Å²) in [7, 11) is 0. The van der Waals surface area contributed by atoms with Gasteiger partial charge in [0.1, 0.15) is 5.69 Å². The fourth-order valence-electron chi connectivity index (χ4n) is 2.96. The number of carbonyl (C=O) groups excluding carboxylic acids is 2. The van der Waals surface area contributed by atoms with Crippen LogP contribution in [0.2, 0.25) is 0 Å². The molecule has 1 aromatic heterocycles. The molecule has 2 aromatic carbocycles. The van der Waals surface area contributed by atoms with Gasteiger partial charge in [0.05, 0.1) is 11.3 Å². The molecule has 22 heavy (non-hydrogen) atoms. The lowest BCUT2D eigenvalue weighted by Gasteiger charge is -2.19. The van der Waals surface area contributed by atoms with Crippen LogP contribution in [-0.4, -0.2) is 17.0 Å². The van der Waals surface area contributed by atoms with Crippen LogP contribution in [0.5, 0.6) is 0 Å². The van der Waals surface area contributed by atoms with Crippen molar-refractivity contribution in [3.05, 3.63) is 40.5 Å². The predicted molar refractivity (Wildman–Crippen MR) is 84.3 cm³/mol. The number of piperidine rings is 1. The van der Waals surface area contributed by atoms with Crippen molar-refractivity contribution in [2.75, 3.05) is 0 Å². The second-order valence-electron chi connectivity index (χ2n) is 5.38. The number of benzene rings is 2. The van der Waals surface area contributed by atoms with Crippen LogP contribution in [0.1, 0.15) is 24.5 Å². The van der Waals surface area contributed by atoms with Gasteiger partial charge in [-0.2, -0.15) is 0 Å². The minimum absolute atomic E-state index is 0.233. The van der Waals surface area contributed by atoms with E-state index in [0.29, 0.717) is 24.1 Å². The number of nitrogens with one attached hydrogen (secondary N) is 1. The maximum atomic E-state index is 12.1. The third-order valence-corrected chi connectivity index (χ3v) is 4.50. The Labute approximate surface area is 133 Å². The van der Waals surface area contributed by atoms with Crippen molar-refractivity contribution in [3.8, 4) is 0 Å². The van der Waals surface area contributed by atoms with Crippen molar-refractivity contribution in [2.24, 2.45) is 0 Å². The SMILES string of the molecule is O=C1CC[C@@H](c2noc3ccc4cc(Br)ccc4c23)C(=O)N1. The van der Waals surface area contributed by atoms with Crippen molar-refractivity contribution in [3.63, 3.8) is 0 Å². The lowest BCUT2D eigenvalue weighted by atomic mass is 9.91. The summed E-state index contributed by atoms with van der Waals surface area (Å²) in [6.07, 6.45) is 0.778. The molecule has 2 heterocycles. The first-order chi connectivity index (χ1) is 10.6. The molecule has 0 saturated carbocycles. The van der Waals surface area contributed by atoms with Gasteiger partial charge < -0.3 is 4.52 Å². The van der Waals surface area contributed by atoms with E-state index < -0.39 is 5.92 Å². The number of halogens is 1. The van der Waals surface area contributed by atoms with E-state index in [2.05, 4.69) is 26.4 Å². The molecule has 0 aliphatic carbocycles. The molecule has 4 rings (SSSR count). The number of aromatic nitrogens is 1. The fourth-order valence-corrected chi connectivity index (χ4v) is 3.34. The minimum atomic E-state index is -0.451. The smallest absolute Gasteiger partial charge is 0.235 e. The van der Waals surface area contributed by atoms with Crippen LogP contribution < -0.4 is 5.32 Å². The zero-order chi connectivity index (χ0) is 15.3. The highest BCUT2D eigenvalue weighted by molar-refractivity contribution is 9.10. The summed E-state index contributed by atoms with van der Waals surface area (Å²) in [4.78, 5) is 23.4. The van der Waals surface area contributed by atoms with Crippen molar-refractivity contribution in [2.45, 2.75) is 18.8 Å². The van der Waals surface area contributed by atoms with Gasteiger partial charge in [0.2, 0.25) is 11.8 Å². The first-order valence-corrected chi connectivity index (χ1v) is 7.74. The monoisotopic (exact) mass is 358 g/mol. The van der Waals surface area contributed by atoms with E-state index in [1.54, 1.807) is 0 Å². The number of nitrogens with zero attached hydrogens (tertiary/aromatic N) is 1. The fraction of sp³-hybridized carbons (Fsp3) is 0.188. The van der Waals surface area contributed by atoms with Crippen LogP contribution in [0.25, 0.3) is 21.7 Å². The summed E-state index contributed by atoms with van der Waals surface area (Å²) in [6, 6.07) is 9.75. The molecule has 110 valence electrons. The number of amides is 2. The molecule has 0 unspecified atom stereocenters. The Hall–Kier alpha value is -2.21. The highest BCUT2D eigenvalue weighted by Gasteiger charge is 2.32. The Morgan fingerprint density at radius 1 is 1.23 bits per heavy atom. The number of imide groups is 1. The number of hydrogen-bond donors (Lipinski definition) is 1. The summed E-state index contributed by atoms with van der Waals surface area (Å²) < 4.78 is 6.37. The normalized spacial score (nSPS) is 18.9. The van der Waals surface area contributed by atoms with Crippen LogP contribution >= 0.6 is 15.9 Å². The molecule has 6 heteroatoms.